The lowest BCUT2D eigenvalue weighted by Crippen LogP contribution is -2.33. The van der Waals surface area contributed by atoms with E-state index in [0.717, 1.165) is 18.4 Å². The Balaban J connectivity index is 0.000000187. The third-order valence-electron chi connectivity index (χ3n) is 8.49. The highest BCUT2D eigenvalue weighted by Gasteiger charge is 2.31. The molecule has 0 radical (unpaired) electrons. The Hall–Kier alpha value is -2.38. The molecule has 1 saturated heterocycles. The third kappa shape index (κ3) is 6.86. The number of hydrogen-bond donors (Lipinski definition) is 0. The highest BCUT2D eigenvalue weighted by Crippen LogP contribution is 2.42. The van der Waals surface area contributed by atoms with Crippen LogP contribution in [0.3, 0.4) is 0 Å². The molecule has 214 valence electrons. The molecular formula is C32H41F3O4. The Bertz CT molecular complexity index is 1120. The van der Waals surface area contributed by atoms with Crippen molar-refractivity contribution in [3.05, 3.63) is 57.9 Å². The molecule has 4 nitrogen and oxygen atoms in total. The highest BCUT2D eigenvalue weighted by atomic mass is 19.2. The van der Waals surface area contributed by atoms with Gasteiger partial charge in [-0.1, -0.05) is 32.8 Å². The van der Waals surface area contributed by atoms with Crippen LogP contribution in [-0.2, 0) is 22.3 Å². The molecule has 2 unspecified atom stereocenters. The molecule has 0 N–H and O–H groups in total. The minimum absolute atomic E-state index is 0.175. The van der Waals surface area contributed by atoms with Crippen LogP contribution >= 0.6 is 0 Å². The van der Waals surface area contributed by atoms with Crippen molar-refractivity contribution in [1.82, 2.24) is 0 Å². The SMILES string of the molecule is CCCC1CCC(C2CCC(OC)CC2)CO1.CCCc1cc2c(c(F)c1F)Oc1c(ccc(C=O)c1F)C2. The maximum absolute atomic E-state index is 14.2. The molecule has 2 fully saturated rings. The van der Waals surface area contributed by atoms with Crippen LogP contribution in [0.1, 0.15) is 98.7 Å². The van der Waals surface area contributed by atoms with Crippen molar-refractivity contribution in [3.63, 3.8) is 0 Å². The van der Waals surface area contributed by atoms with Crippen molar-refractivity contribution in [3.8, 4) is 11.5 Å². The van der Waals surface area contributed by atoms with Crippen LogP contribution in [0.25, 0.3) is 0 Å². The van der Waals surface area contributed by atoms with Gasteiger partial charge in [0.15, 0.2) is 29.4 Å². The summed E-state index contributed by atoms with van der Waals surface area (Å²) >= 11 is 0. The number of ether oxygens (including phenoxy) is 3. The maximum atomic E-state index is 14.2. The number of carbonyl (C=O) groups excluding carboxylic acids is 1. The molecule has 1 aliphatic carbocycles. The van der Waals surface area contributed by atoms with Crippen molar-refractivity contribution in [2.24, 2.45) is 11.8 Å². The molecule has 0 aromatic heterocycles. The van der Waals surface area contributed by atoms with E-state index in [1.807, 2.05) is 14.0 Å². The standard InChI is InChI=1S/C17H13F3O2.C15H28O2/c1-2-3-9-6-12-7-10-4-5-11(8-21)14(19)16(10)22-17(12)15(20)13(9)18;1-3-4-15-10-7-13(11-17-15)12-5-8-14(16-2)9-6-12/h4-6,8H,2-3,7H2,1H3;12-15H,3-11H2,1-2H3. The average Bonchev–Trinajstić information content (AvgIpc) is 2.96. The fraction of sp³-hybridized carbons (Fsp3) is 0.594. The molecular weight excluding hydrogens is 505 g/mol. The van der Waals surface area contributed by atoms with Gasteiger partial charge < -0.3 is 14.2 Å². The Morgan fingerprint density at radius 3 is 2.23 bits per heavy atom. The lowest BCUT2D eigenvalue weighted by Gasteiger charge is -2.37. The van der Waals surface area contributed by atoms with Crippen molar-refractivity contribution in [2.75, 3.05) is 13.7 Å². The van der Waals surface area contributed by atoms with Crippen LogP contribution in [0.5, 0.6) is 11.5 Å². The van der Waals surface area contributed by atoms with Gasteiger partial charge in [0, 0.05) is 24.7 Å². The summed E-state index contributed by atoms with van der Waals surface area (Å²) in [5.74, 6) is -1.69. The number of methoxy groups -OCH3 is 1. The molecule has 2 atom stereocenters. The molecule has 2 aromatic carbocycles. The van der Waals surface area contributed by atoms with Crippen LogP contribution in [0.2, 0.25) is 0 Å². The average molecular weight is 547 g/mol. The van der Waals surface area contributed by atoms with E-state index >= 15 is 0 Å². The molecule has 0 spiro atoms. The van der Waals surface area contributed by atoms with E-state index in [2.05, 4.69) is 6.92 Å². The first kappa shape index (κ1) is 29.6. The summed E-state index contributed by atoms with van der Waals surface area (Å²) in [6.07, 6.45) is 13.2. The van der Waals surface area contributed by atoms with Gasteiger partial charge >= 0.3 is 0 Å². The monoisotopic (exact) mass is 546 g/mol. The van der Waals surface area contributed by atoms with Crippen LogP contribution in [0, 0.1) is 29.3 Å². The van der Waals surface area contributed by atoms with E-state index in [9.17, 15) is 18.0 Å². The van der Waals surface area contributed by atoms with E-state index in [1.54, 1.807) is 12.1 Å². The summed E-state index contributed by atoms with van der Waals surface area (Å²) in [6, 6.07) is 4.47. The van der Waals surface area contributed by atoms with Crippen LogP contribution in [-0.4, -0.2) is 32.2 Å². The molecule has 0 amide bonds. The Morgan fingerprint density at radius 1 is 0.897 bits per heavy atom. The van der Waals surface area contributed by atoms with Crippen molar-refractivity contribution >= 4 is 6.29 Å². The number of halogens is 3. The van der Waals surface area contributed by atoms with Gasteiger partial charge in [0.05, 0.1) is 24.4 Å². The number of aryl methyl sites for hydroxylation is 1. The Morgan fingerprint density at radius 2 is 1.62 bits per heavy atom. The molecule has 2 heterocycles. The van der Waals surface area contributed by atoms with E-state index in [0.29, 0.717) is 42.5 Å². The Kier molecular flexibility index (Phi) is 10.5. The van der Waals surface area contributed by atoms with Gasteiger partial charge in [0.25, 0.3) is 0 Å². The van der Waals surface area contributed by atoms with Gasteiger partial charge in [-0.2, -0.15) is 4.39 Å². The van der Waals surface area contributed by atoms with Gasteiger partial charge in [-0.25, -0.2) is 8.78 Å². The van der Waals surface area contributed by atoms with Gasteiger partial charge in [0.2, 0.25) is 5.82 Å². The van der Waals surface area contributed by atoms with Crippen LogP contribution < -0.4 is 4.74 Å². The second kappa shape index (κ2) is 13.8. The van der Waals surface area contributed by atoms with E-state index in [-0.39, 0.29) is 29.0 Å². The van der Waals surface area contributed by atoms with Gasteiger partial charge in [-0.05, 0) is 80.9 Å². The van der Waals surface area contributed by atoms with Gasteiger partial charge in [-0.15, -0.1) is 0 Å². The van der Waals surface area contributed by atoms with E-state index in [1.165, 1.54) is 57.4 Å². The number of hydrogen-bond acceptors (Lipinski definition) is 4. The minimum Gasteiger partial charge on any atom is -0.450 e. The largest absolute Gasteiger partial charge is 0.450 e. The molecule has 39 heavy (non-hydrogen) atoms. The highest BCUT2D eigenvalue weighted by molar-refractivity contribution is 5.77. The summed E-state index contributed by atoms with van der Waals surface area (Å²) in [4.78, 5) is 10.8. The number of carbonyl (C=O) groups is 1. The molecule has 3 aliphatic rings. The molecule has 5 rings (SSSR count). The lowest BCUT2D eigenvalue weighted by atomic mass is 9.76. The predicted octanol–water partition coefficient (Wildman–Crippen LogP) is 8.35. The number of aldehydes is 1. The molecule has 2 aliphatic heterocycles. The second-order valence-corrected chi connectivity index (χ2v) is 11.1. The summed E-state index contributed by atoms with van der Waals surface area (Å²) in [6.45, 7) is 5.15. The molecule has 1 saturated carbocycles. The van der Waals surface area contributed by atoms with Gasteiger partial charge in [0.1, 0.15) is 0 Å². The smallest absolute Gasteiger partial charge is 0.201 e. The topological polar surface area (TPSA) is 44.8 Å². The van der Waals surface area contributed by atoms with Crippen molar-refractivity contribution in [1.29, 1.82) is 0 Å². The lowest BCUT2D eigenvalue weighted by molar-refractivity contribution is -0.0480. The molecule has 7 heteroatoms. The fourth-order valence-corrected chi connectivity index (χ4v) is 6.22. The number of rotatable bonds is 7. The first-order chi connectivity index (χ1) is 18.9. The summed E-state index contributed by atoms with van der Waals surface area (Å²) in [5, 5.41) is 0. The minimum atomic E-state index is -1.11. The van der Waals surface area contributed by atoms with Crippen molar-refractivity contribution in [2.45, 2.75) is 96.7 Å². The maximum Gasteiger partial charge on any atom is 0.201 e. The first-order valence-corrected chi connectivity index (χ1v) is 14.5. The summed E-state index contributed by atoms with van der Waals surface area (Å²) in [5.41, 5.74) is 1.10. The fourth-order valence-electron chi connectivity index (χ4n) is 6.22. The number of fused-ring (bicyclic) bond motifs is 2. The zero-order valence-electron chi connectivity index (χ0n) is 23.4. The summed E-state index contributed by atoms with van der Waals surface area (Å²) in [7, 11) is 1.85. The third-order valence-corrected chi connectivity index (χ3v) is 8.49. The molecule has 2 aromatic rings. The van der Waals surface area contributed by atoms with Crippen LogP contribution in [0.4, 0.5) is 13.2 Å². The van der Waals surface area contributed by atoms with Crippen molar-refractivity contribution < 1.29 is 32.2 Å². The predicted molar refractivity (Wildman–Crippen MR) is 145 cm³/mol. The zero-order chi connectivity index (χ0) is 27.9. The van der Waals surface area contributed by atoms with E-state index in [4.69, 9.17) is 14.2 Å². The Labute approximate surface area is 230 Å². The van der Waals surface area contributed by atoms with Crippen LogP contribution in [0.15, 0.2) is 18.2 Å². The quantitative estimate of drug-likeness (QED) is 0.279. The summed E-state index contributed by atoms with van der Waals surface area (Å²) < 4.78 is 59.0. The second-order valence-electron chi connectivity index (χ2n) is 11.1. The normalized spacial score (nSPS) is 24.1. The first-order valence-electron chi connectivity index (χ1n) is 14.5. The number of benzene rings is 2. The van der Waals surface area contributed by atoms with E-state index < -0.39 is 17.5 Å². The van der Waals surface area contributed by atoms with Gasteiger partial charge in [-0.3, -0.25) is 4.79 Å². The zero-order valence-corrected chi connectivity index (χ0v) is 23.4. The molecule has 0 bridgehead atoms.